The molecule has 116 valence electrons. The second-order valence-corrected chi connectivity index (χ2v) is 5.25. The molecule has 3 nitrogen and oxygen atoms in total. The van der Waals surface area contributed by atoms with E-state index in [9.17, 15) is 14.3 Å². The van der Waals surface area contributed by atoms with Gasteiger partial charge in [0.15, 0.2) is 0 Å². The lowest BCUT2D eigenvalue weighted by molar-refractivity contribution is -0.139. The number of halogens is 1. The number of ether oxygens (including phenoxy) is 1. The minimum Gasteiger partial charge on any atom is -0.494 e. The first-order chi connectivity index (χ1) is 10.6. The molecule has 22 heavy (non-hydrogen) atoms. The maximum Gasteiger partial charge on any atom is 0.310 e. The second kappa shape index (κ2) is 7.59. The minimum absolute atomic E-state index is 0.365. The van der Waals surface area contributed by atoms with Crippen LogP contribution in [0.2, 0.25) is 0 Å². The first-order valence-corrected chi connectivity index (χ1v) is 7.24. The fourth-order valence-corrected chi connectivity index (χ4v) is 2.31. The van der Waals surface area contributed by atoms with Gasteiger partial charge in [0.05, 0.1) is 12.5 Å². The quantitative estimate of drug-likeness (QED) is 0.781. The van der Waals surface area contributed by atoms with E-state index in [1.54, 1.807) is 0 Å². The normalized spacial score (nSPS) is 11.9. The number of carboxylic acid groups (broad SMARTS) is 1. The number of carboxylic acids is 1. The van der Waals surface area contributed by atoms with Crippen LogP contribution in [0.1, 0.15) is 29.9 Å². The first kappa shape index (κ1) is 16.0. The largest absolute Gasteiger partial charge is 0.494 e. The molecule has 0 aliphatic carbocycles. The molecular weight excluding hydrogens is 283 g/mol. The van der Waals surface area contributed by atoms with Crippen molar-refractivity contribution in [3.05, 3.63) is 65.5 Å². The smallest absolute Gasteiger partial charge is 0.310 e. The van der Waals surface area contributed by atoms with Gasteiger partial charge in [-0.3, -0.25) is 4.79 Å². The summed E-state index contributed by atoms with van der Waals surface area (Å²) >= 11 is 0. The second-order valence-electron chi connectivity index (χ2n) is 5.25. The zero-order valence-corrected chi connectivity index (χ0v) is 12.5. The van der Waals surface area contributed by atoms with E-state index in [-0.39, 0.29) is 5.82 Å². The van der Waals surface area contributed by atoms with E-state index in [1.165, 1.54) is 24.3 Å². The van der Waals surface area contributed by atoms with E-state index >= 15 is 0 Å². The standard InChI is InChI=1S/C18H19FO3/c1-13-4-2-5-16(12-13)22-11-3-6-17(18(20)21)14-7-9-15(19)10-8-14/h2,4-5,7-10,12,17H,3,6,11H2,1H3,(H,20,21). The number of hydrogen-bond acceptors (Lipinski definition) is 2. The van der Waals surface area contributed by atoms with Crippen molar-refractivity contribution < 1.29 is 19.0 Å². The Morgan fingerprint density at radius 2 is 1.95 bits per heavy atom. The average Bonchev–Trinajstić information content (AvgIpc) is 2.48. The molecule has 1 atom stereocenters. The number of aliphatic carboxylic acids is 1. The van der Waals surface area contributed by atoms with Crippen molar-refractivity contribution >= 4 is 5.97 Å². The van der Waals surface area contributed by atoms with Crippen molar-refractivity contribution in [1.82, 2.24) is 0 Å². The van der Waals surface area contributed by atoms with Gasteiger partial charge in [-0.1, -0.05) is 24.3 Å². The monoisotopic (exact) mass is 302 g/mol. The summed E-state index contributed by atoms with van der Waals surface area (Å²) in [7, 11) is 0. The third kappa shape index (κ3) is 4.58. The van der Waals surface area contributed by atoms with E-state index in [0.717, 1.165) is 11.3 Å². The Hall–Kier alpha value is -2.36. The van der Waals surface area contributed by atoms with Gasteiger partial charge in [0.2, 0.25) is 0 Å². The zero-order chi connectivity index (χ0) is 15.9. The van der Waals surface area contributed by atoms with E-state index in [0.29, 0.717) is 25.0 Å². The molecule has 4 heteroatoms. The van der Waals surface area contributed by atoms with Crippen LogP contribution < -0.4 is 4.74 Å². The molecule has 0 saturated carbocycles. The molecule has 1 N–H and O–H groups in total. The average molecular weight is 302 g/mol. The van der Waals surface area contributed by atoms with Crippen LogP contribution in [0.5, 0.6) is 5.75 Å². The summed E-state index contributed by atoms with van der Waals surface area (Å²) in [5.41, 5.74) is 1.73. The van der Waals surface area contributed by atoms with Gasteiger partial charge in [-0.15, -0.1) is 0 Å². The van der Waals surface area contributed by atoms with Crippen LogP contribution in [0.3, 0.4) is 0 Å². The third-order valence-electron chi connectivity index (χ3n) is 3.47. The van der Waals surface area contributed by atoms with Crippen molar-refractivity contribution in [3.63, 3.8) is 0 Å². The van der Waals surface area contributed by atoms with Gasteiger partial charge >= 0.3 is 5.97 Å². The van der Waals surface area contributed by atoms with E-state index < -0.39 is 11.9 Å². The van der Waals surface area contributed by atoms with Crippen molar-refractivity contribution in [2.24, 2.45) is 0 Å². The molecule has 0 radical (unpaired) electrons. The Kier molecular flexibility index (Phi) is 5.53. The molecule has 0 bridgehead atoms. The fourth-order valence-electron chi connectivity index (χ4n) is 2.31. The highest BCUT2D eigenvalue weighted by Gasteiger charge is 2.19. The Morgan fingerprint density at radius 1 is 1.23 bits per heavy atom. The molecular formula is C18H19FO3. The molecule has 2 aromatic carbocycles. The van der Waals surface area contributed by atoms with Crippen LogP contribution in [0.15, 0.2) is 48.5 Å². The van der Waals surface area contributed by atoms with Crippen LogP contribution in [0, 0.1) is 12.7 Å². The highest BCUT2D eigenvalue weighted by Crippen LogP contribution is 2.22. The third-order valence-corrected chi connectivity index (χ3v) is 3.47. The lowest BCUT2D eigenvalue weighted by atomic mass is 9.94. The van der Waals surface area contributed by atoms with Gasteiger partial charge in [-0.25, -0.2) is 4.39 Å². The Bertz CT molecular complexity index is 622. The predicted octanol–water partition coefficient (Wildman–Crippen LogP) is 4.16. The van der Waals surface area contributed by atoms with Crippen LogP contribution in [0.25, 0.3) is 0 Å². The molecule has 2 aromatic rings. The lowest BCUT2D eigenvalue weighted by Gasteiger charge is -2.13. The molecule has 0 aliphatic rings. The van der Waals surface area contributed by atoms with Crippen molar-refractivity contribution in [1.29, 1.82) is 0 Å². The molecule has 2 rings (SSSR count). The van der Waals surface area contributed by atoms with E-state index in [1.807, 2.05) is 31.2 Å². The van der Waals surface area contributed by atoms with Crippen molar-refractivity contribution in [2.75, 3.05) is 6.61 Å². The number of rotatable bonds is 7. The Morgan fingerprint density at radius 3 is 2.59 bits per heavy atom. The fraction of sp³-hybridized carbons (Fsp3) is 0.278. The summed E-state index contributed by atoms with van der Waals surface area (Å²) in [5, 5.41) is 9.31. The van der Waals surface area contributed by atoms with Gasteiger partial charge < -0.3 is 9.84 Å². The van der Waals surface area contributed by atoms with Gasteiger partial charge in [-0.05, 0) is 55.2 Å². The molecule has 0 spiro atoms. The van der Waals surface area contributed by atoms with E-state index in [4.69, 9.17) is 4.74 Å². The lowest BCUT2D eigenvalue weighted by Crippen LogP contribution is -2.13. The van der Waals surface area contributed by atoms with Crippen LogP contribution in [-0.4, -0.2) is 17.7 Å². The maximum absolute atomic E-state index is 12.9. The number of hydrogen-bond donors (Lipinski definition) is 1. The number of benzene rings is 2. The Labute approximate surface area is 129 Å². The topological polar surface area (TPSA) is 46.5 Å². The van der Waals surface area contributed by atoms with E-state index in [2.05, 4.69) is 0 Å². The summed E-state index contributed by atoms with van der Waals surface area (Å²) in [6, 6.07) is 13.3. The van der Waals surface area contributed by atoms with Gasteiger partial charge in [0.25, 0.3) is 0 Å². The minimum atomic E-state index is -0.901. The molecule has 0 fully saturated rings. The molecule has 0 saturated heterocycles. The predicted molar refractivity (Wildman–Crippen MR) is 82.7 cm³/mol. The highest BCUT2D eigenvalue weighted by molar-refractivity contribution is 5.75. The first-order valence-electron chi connectivity index (χ1n) is 7.24. The highest BCUT2D eigenvalue weighted by atomic mass is 19.1. The SMILES string of the molecule is Cc1cccc(OCCCC(C(=O)O)c2ccc(F)cc2)c1. The van der Waals surface area contributed by atoms with Crippen molar-refractivity contribution in [2.45, 2.75) is 25.7 Å². The van der Waals surface area contributed by atoms with Gasteiger partial charge in [-0.2, -0.15) is 0 Å². The van der Waals surface area contributed by atoms with Crippen LogP contribution in [0.4, 0.5) is 4.39 Å². The molecule has 1 unspecified atom stereocenters. The number of carbonyl (C=O) groups is 1. The van der Waals surface area contributed by atoms with Crippen LogP contribution in [-0.2, 0) is 4.79 Å². The summed E-state index contributed by atoms with van der Waals surface area (Å²) < 4.78 is 18.5. The van der Waals surface area contributed by atoms with Crippen LogP contribution >= 0.6 is 0 Å². The zero-order valence-electron chi connectivity index (χ0n) is 12.5. The summed E-state index contributed by atoms with van der Waals surface area (Å²) in [5.74, 6) is -1.12. The van der Waals surface area contributed by atoms with Gasteiger partial charge in [0, 0.05) is 0 Å². The molecule has 0 aromatic heterocycles. The van der Waals surface area contributed by atoms with Crippen molar-refractivity contribution in [3.8, 4) is 5.75 Å². The summed E-state index contributed by atoms with van der Waals surface area (Å²) in [4.78, 5) is 11.4. The molecule has 0 amide bonds. The molecule has 0 aliphatic heterocycles. The summed E-state index contributed by atoms with van der Waals surface area (Å²) in [6.07, 6.45) is 1.06. The maximum atomic E-state index is 12.9. The summed E-state index contributed by atoms with van der Waals surface area (Å²) in [6.45, 7) is 2.44. The number of aryl methyl sites for hydroxylation is 1. The molecule has 0 heterocycles. The van der Waals surface area contributed by atoms with Gasteiger partial charge in [0.1, 0.15) is 11.6 Å². The Balaban J connectivity index is 1.87.